The number of ether oxygens (including phenoxy) is 1. The van der Waals surface area contributed by atoms with Crippen molar-refractivity contribution in [2.24, 2.45) is 0 Å². The zero-order valence-electron chi connectivity index (χ0n) is 12.2. The molecule has 3 heteroatoms. The van der Waals surface area contributed by atoms with Gasteiger partial charge in [0.1, 0.15) is 0 Å². The summed E-state index contributed by atoms with van der Waals surface area (Å²) >= 11 is 0. The van der Waals surface area contributed by atoms with Gasteiger partial charge in [0.25, 0.3) is 0 Å². The van der Waals surface area contributed by atoms with Crippen LogP contribution in [0.1, 0.15) is 23.1 Å². The second kappa shape index (κ2) is 7.63. The van der Waals surface area contributed by atoms with Crippen LogP contribution in [0.5, 0.6) is 0 Å². The van der Waals surface area contributed by atoms with Crippen LogP contribution in [0.4, 0.5) is 0 Å². The summed E-state index contributed by atoms with van der Waals surface area (Å²) in [6, 6.07) is 6.92. The molecule has 0 bridgehead atoms. The first-order valence-corrected chi connectivity index (χ1v) is 7.29. The number of hydrogen-bond acceptors (Lipinski definition) is 3. The molecule has 19 heavy (non-hydrogen) atoms. The Hall–Kier alpha value is -0.900. The number of likely N-dealkylation sites (N-methyl/N-ethyl adjacent to an activating group) is 1. The molecule has 3 nitrogen and oxygen atoms in total. The van der Waals surface area contributed by atoms with Crippen molar-refractivity contribution in [1.29, 1.82) is 0 Å². The van der Waals surface area contributed by atoms with E-state index in [9.17, 15) is 0 Å². The summed E-state index contributed by atoms with van der Waals surface area (Å²) < 4.78 is 5.55. The van der Waals surface area contributed by atoms with Gasteiger partial charge in [-0.15, -0.1) is 0 Å². The number of aryl methyl sites for hydroxylation is 2. The average molecular weight is 262 g/mol. The smallest absolute Gasteiger partial charge is 0.0593 e. The summed E-state index contributed by atoms with van der Waals surface area (Å²) in [6.07, 6.45) is 3.85. The van der Waals surface area contributed by atoms with E-state index < -0.39 is 0 Å². The Balaban J connectivity index is 1.58. The number of rotatable bonds is 8. The van der Waals surface area contributed by atoms with Crippen LogP contribution in [0, 0.1) is 0 Å². The Labute approximate surface area is 116 Å². The first-order valence-electron chi connectivity index (χ1n) is 7.29. The average Bonchev–Trinajstić information content (AvgIpc) is 2.84. The summed E-state index contributed by atoms with van der Waals surface area (Å²) in [5.74, 6) is 0. The summed E-state index contributed by atoms with van der Waals surface area (Å²) in [4.78, 5) is 2.14. The summed E-state index contributed by atoms with van der Waals surface area (Å²) in [7, 11) is 4.13. The molecule has 0 unspecified atom stereocenters. The summed E-state index contributed by atoms with van der Waals surface area (Å²) in [6.45, 7) is 4.46. The number of benzene rings is 1. The lowest BCUT2D eigenvalue weighted by Gasteiger charge is -2.10. The minimum atomic E-state index is 0.790. The van der Waals surface area contributed by atoms with Crippen LogP contribution in [-0.2, 0) is 24.1 Å². The van der Waals surface area contributed by atoms with Gasteiger partial charge in [-0.3, -0.25) is 0 Å². The molecule has 0 fully saturated rings. The van der Waals surface area contributed by atoms with Gasteiger partial charge < -0.3 is 15.0 Å². The molecule has 0 saturated carbocycles. The lowest BCUT2D eigenvalue weighted by Crippen LogP contribution is -2.23. The van der Waals surface area contributed by atoms with Crippen molar-refractivity contribution in [3.8, 4) is 0 Å². The SMILES string of the molecule is CN(C)CCOCCNCc1ccc2c(c1)CCC2. The third-order valence-corrected chi connectivity index (χ3v) is 3.60. The van der Waals surface area contributed by atoms with Crippen LogP contribution in [0.15, 0.2) is 18.2 Å². The maximum absolute atomic E-state index is 5.55. The van der Waals surface area contributed by atoms with Gasteiger partial charge in [0, 0.05) is 19.6 Å². The minimum Gasteiger partial charge on any atom is -0.379 e. The Morgan fingerprint density at radius 3 is 2.84 bits per heavy atom. The standard InChI is InChI=1S/C16H26N2O/c1-18(2)9-11-19-10-8-17-13-14-6-7-15-4-3-5-16(15)12-14/h6-7,12,17H,3-5,8-11,13H2,1-2H3. The molecule has 0 heterocycles. The number of nitrogens with one attached hydrogen (secondary N) is 1. The molecule has 0 aromatic heterocycles. The third-order valence-electron chi connectivity index (χ3n) is 3.60. The Kier molecular flexibility index (Phi) is 5.83. The van der Waals surface area contributed by atoms with E-state index in [1.54, 1.807) is 11.1 Å². The second-order valence-electron chi connectivity index (χ2n) is 5.55. The lowest BCUT2D eigenvalue weighted by molar-refractivity contribution is 0.119. The summed E-state index contributed by atoms with van der Waals surface area (Å²) in [5, 5.41) is 3.44. The monoisotopic (exact) mass is 262 g/mol. The highest BCUT2D eigenvalue weighted by molar-refractivity contribution is 5.35. The fourth-order valence-corrected chi connectivity index (χ4v) is 2.46. The number of hydrogen-bond donors (Lipinski definition) is 1. The first-order chi connectivity index (χ1) is 9.25. The predicted molar refractivity (Wildman–Crippen MR) is 79.5 cm³/mol. The van der Waals surface area contributed by atoms with Crippen molar-refractivity contribution in [2.75, 3.05) is 40.4 Å². The first kappa shape index (κ1) is 14.5. The van der Waals surface area contributed by atoms with Gasteiger partial charge in [-0.2, -0.15) is 0 Å². The van der Waals surface area contributed by atoms with E-state index in [0.29, 0.717) is 0 Å². The van der Waals surface area contributed by atoms with Crippen molar-refractivity contribution >= 4 is 0 Å². The maximum atomic E-state index is 5.55. The van der Waals surface area contributed by atoms with E-state index in [2.05, 4.69) is 42.5 Å². The highest BCUT2D eigenvalue weighted by atomic mass is 16.5. The highest BCUT2D eigenvalue weighted by Gasteiger charge is 2.10. The van der Waals surface area contributed by atoms with Crippen molar-refractivity contribution in [1.82, 2.24) is 10.2 Å². The fourth-order valence-electron chi connectivity index (χ4n) is 2.46. The zero-order chi connectivity index (χ0) is 13.5. The van der Waals surface area contributed by atoms with Crippen molar-refractivity contribution in [3.63, 3.8) is 0 Å². The molecule has 0 atom stereocenters. The van der Waals surface area contributed by atoms with Crippen LogP contribution in [0.3, 0.4) is 0 Å². The molecule has 106 valence electrons. The van der Waals surface area contributed by atoms with Crippen LogP contribution < -0.4 is 5.32 Å². The molecule has 1 N–H and O–H groups in total. The van der Waals surface area contributed by atoms with Crippen LogP contribution in [-0.4, -0.2) is 45.3 Å². The fraction of sp³-hybridized carbons (Fsp3) is 0.625. The quantitative estimate of drug-likeness (QED) is 0.724. The Morgan fingerprint density at radius 2 is 2.00 bits per heavy atom. The van der Waals surface area contributed by atoms with Gasteiger partial charge in [0.15, 0.2) is 0 Å². The molecule has 1 aromatic carbocycles. The van der Waals surface area contributed by atoms with Crippen molar-refractivity contribution < 1.29 is 4.74 Å². The van der Waals surface area contributed by atoms with Gasteiger partial charge in [0.2, 0.25) is 0 Å². The van der Waals surface area contributed by atoms with Gasteiger partial charge in [-0.1, -0.05) is 18.2 Å². The molecule has 1 aliphatic carbocycles. The predicted octanol–water partition coefficient (Wildman–Crippen LogP) is 1.84. The second-order valence-corrected chi connectivity index (χ2v) is 5.55. The van der Waals surface area contributed by atoms with E-state index in [1.165, 1.54) is 24.8 Å². The van der Waals surface area contributed by atoms with Crippen LogP contribution >= 0.6 is 0 Å². The molecule has 0 aliphatic heterocycles. The topological polar surface area (TPSA) is 24.5 Å². The normalized spacial score (nSPS) is 14.1. The molecule has 0 amide bonds. The number of fused-ring (bicyclic) bond motifs is 1. The molecular weight excluding hydrogens is 236 g/mol. The van der Waals surface area contributed by atoms with Crippen molar-refractivity contribution in [3.05, 3.63) is 34.9 Å². The molecule has 0 spiro atoms. The van der Waals surface area contributed by atoms with Gasteiger partial charge >= 0.3 is 0 Å². The van der Waals surface area contributed by atoms with Gasteiger partial charge in [0.05, 0.1) is 13.2 Å². The Morgan fingerprint density at radius 1 is 1.16 bits per heavy atom. The minimum absolute atomic E-state index is 0.790. The van der Waals surface area contributed by atoms with Gasteiger partial charge in [-0.05, 0) is 50.0 Å². The van der Waals surface area contributed by atoms with E-state index in [1.807, 2.05) is 0 Å². The molecule has 0 saturated heterocycles. The van der Waals surface area contributed by atoms with Gasteiger partial charge in [-0.25, -0.2) is 0 Å². The largest absolute Gasteiger partial charge is 0.379 e. The molecule has 0 radical (unpaired) electrons. The Bertz CT molecular complexity index is 390. The summed E-state index contributed by atoms with van der Waals surface area (Å²) in [5.41, 5.74) is 4.51. The van der Waals surface area contributed by atoms with E-state index in [4.69, 9.17) is 4.74 Å². The zero-order valence-corrected chi connectivity index (χ0v) is 12.2. The van der Waals surface area contributed by atoms with Crippen LogP contribution in [0.2, 0.25) is 0 Å². The maximum Gasteiger partial charge on any atom is 0.0593 e. The van der Waals surface area contributed by atoms with E-state index >= 15 is 0 Å². The lowest BCUT2D eigenvalue weighted by atomic mass is 10.1. The molecule has 2 rings (SSSR count). The highest BCUT2D eigenvalue weighted by Crippen LogP contribution is 2.22. The molecule has 1 aliphatic rings. The van der Waals surface area contributed by atoms with E-state index in [0.717, 1.165) is 32.8 Å². The molecular formula is C16H26N2O. The van der Waals surface area contributed by atoms with Crippen LogP contribution in [0.25, 0.3) is 0 Å². The third kappa shape index (κ3) is 4.94. The van der Waals surface area contributed by atoms with E-state index in [-0.39, 0.29) is 0 Å². The van der Waals surface area contributed by atoms with Crippen molar-refractivity contribution in [2.45, 2.75) is 25.8 Å². The molecule has 1 aromatic rings. The number of nitrogens with zero attached hydrogens (tertiary/aromatic N) is 1.